The van der Waals surface area contributed by atoms with Crippen LogP contribution in [0.25, 0.3) is 0 Å². The molecule has 6 nitrogen and oxygen atoms in total. The number of unbranched alkanes of at least 4 members (excludes halogenated alkanes) is 2. The number of ether oxygens (including phenoxy) is 2. The summed E-state index contributed by atoms with van der Waals surface area (Å²) in [6, 6.07) is 12.5. The highest BCUT2D eigenvalue weighted by Crippen LogP contribution is 2.42. The molecule has 33 heavy (non-hydrogen) atoms. The van der Waals surface area contributed by atoms with Gasteiger partial charge in [0.2, 0.25) is 5.91 Å². The number of methoxy groups -OCH3 is 2. The lowest BCUT2D eigenvalue weighted by atomic mass is 9.79. The van der Waals surface area contributed by atoms with Crippen molar-refractivity contribution in [2.45, 2.75) is 51.0 Å². The third-order valence-corrected chi connectivity index (χ3v) is 6.73. The molecule has 4 rings (SSSR count). The van der Waals surface area contributed by atoms with Gasteiger partial charge in [-0.25, -0.2) is 0 Å². The summed E-state index contributed by atoms with van der Waals surface area (Å²) >= 11 is 0. The standard InChI is InChI=1S/C27H35N3O3/c1-5-6-7-8-26(31)28-19-11-9-18(10-12-19)27-21-16-25(33-4)24(32-3)15-20(21)22-17-30(2)14-13-23(22)29-27/h9-12,15-16,22-23H,5-8,13-14,17H2,1-4H3,(H,28,31). The van der Waals surface area contributed by atoms with Crippen LogP contribution < -0.4 is 14.8 Å². The van der Waals surface area contributed by atoms with E-state index in [2.05, 4.69) is 48.5 Å². The van der Waals surface area contributed by atoms with E-state index in [4.69, 9.17) is 14.5 Å². The van der Waals surface area contributed by atoms with Crippen molar-refractivity contribution in [1.29, 1.82) is 0 Å². The summed E-state index contributed by atoms with van der Waals surface area (Å²) in [5.41, 5.74) is 5.21. The van der Waals surface area contributed by atoms with E-state index in [1.54, 1.807) is 14.2 Å². The molecule has 6 heteroatoms. The second-order valence-corrected chi connectivity index (χ2v) is 9.08. The summed E-state index contributed by atoms with van der Waals surface area (Å²) in [7, 11) is 5.52. The SMILES string of the molecule is CCCCCC(=O)Nc1ccc(C2=NC3CCN(C)CC3c3cc(OC)c(OC)cc32)cc1. The van der Waals surface area contributed by atoms with Crippen molar-refractivity contribution >= 4 is 17.3 Å². The second-order valence-electron chi connectivity index (χ2n) is 9.08. The number of likely N-dealkylation sites (N-methyl/N-ethyl adjacent to an activating group) is 1. The van der Waals surface area contributed by atoms with Crippen LogP contribution in [0.5, 0.6) is 11.5 Å². The van der Waals surface area contributed by atoms with Crippen LogP contribution in [-0.2, 0) is 4.79 Å². The van der Waals surface area contributed by atoms with E-state index in [0.717, 1.165) is 67.0 Å². The van der Waals surface area contributed by atoms with Crippen LogP contribution in [0, 0.1) is 0 Å². The van der Waals surface area contributed by atoms with Crippen LogP contribution in [0.2, 0.25) is 0 Å². The number of hydrogen-bond acceptors (Lipinski definition) is 5. The summed E-state index contributed by atoms with van der Waals surface area (Å²) in [6.07, 6.45) is 4.72. The number of benzene rings is 2. The number of anilines is 1. The number of fused-ring (bicyclic) bond motifs is 3. The Morgan fingerprint density at radius 2 is 1.85 bits per heavy atom. The number of amides is 1. The van der Waals surface area contributed by atoms with Gasteiger partial charge < -0.3 is 19.7 Å². The Balaban J connectivity index is 1.64. The average Bonchev–Trinajstić information content (AvgIpc) is 2.83. The number of carbonyl (C=O) groups is 1. The molecule has 0 saturated carbocycles. The Labute approximate surface area is 197 Å². The largest absolute Gasteiger partial charge is 0.493 e. The maximum atomic E-state index is 12.2. The monoisotopic (exact) mass is 449 g/mol. The van der Waals surface area contributed by atoms with Crippen molar-refractivity contribution < 1.29 is 14.3 Å². The molecular formula is C27H35N3O3. The van der Waals surface area contributed by atoms with Gasteiger partial charge in [-0.3, -0.25) is 9.79 Å². The first-order chi connectivity index (χ1) is 16.0. The first-order valence-electron chi connectivity index (χ1n) is 12.0. The fraction of sp³-hybridized carbons (Fsp3) is 0.481. The molecule has 2 unspecified atom stereocenters. The summed E-state index contributed by atoms with van der Waals surface area (Å²) in [6.45, 7) is 4.17. The summed E-state index contributed by atoms with van der Waals surface area (Å²) in [5.74, 6) is 1.87. The lowest BCUT2D eigenvalue weighted by Gasteiger charge is -2.39. The Bertz CT molecular complexity index is 1020. The molecule has 2 heterocycles. The van der Waals surface area contributed by atoms with Gasteiger partial charge >= 0.3 is 0 Å². The Morgan fingerprint density at radius 3 is 2.55 bits per heavy atom. The molecule has 0 aliphatic carbocycles. The van der Waals surface area contributed by atoms with Gasteiger partial charge in [0, 0.05) is 35.7 Å². The van der Waals surface area contributed by atoms with Crippen molar-refractivity contribution in [3.8, 4) is 11.5 Å². The molecule has 1 N–H and O–H groups in total. The highest BCUT2D eigenvalue weighted by molar-refractivity contribution is 6.15. The second kappa shape index (κ2) is 10.4. The third-order valence-electron chi connectivity index (χ3n) is 6.73. The molecule has 2 aliphatic heterocycles. The predicted octanol–water partition coefficient (Wildman–Crippen LogP) is 4.86. The van der Waals surface area contributed by atoms with Crippen molar-refractivity contribution in [1.82, 2.24) is 4.90 Å². The number of likely N-dealkylation sites (tertiary alicyclic amines) is 1. The van der Waals surface area contributed by atoms with Crippen LogP contribution in [-0.4, -0.2) is 56.9 Å². The zero-order valence-corrected chi connectivity index (χ0v) is 20.2. The number of aliphatic imine (C=N–C) groups is 1. The Kier molecular flexibility index (Phi) is 7.33. The minimum atomic E-state index is 0.0718. The first-order valence-corrected chi connectivity index (χ1v) is 12.0. The molecule has 1 saturated heterocycles. The third kappa shape index (κ3) is 5.06. The van der Waals surface area contributed by atoms with E-state index in [1.807, 2.05) is 12.1 Å². The van der Waals surface area contributed by atoms with Gasteiger partial charge in [0.1, 0.15) is 0 Å². The van der Waals surface area contributed by atoms with Gasteiger partial charge in [-0.15, -0.1) is 0 Å². The smallest absolute Gasteiger partial charge is 0.224 e. The molecule has 0 radical (unpaired) electrons. The predicted molar refractivity (Wildman–Crippen MR) is 133 cm³/mol. The van der Waals surface area contributed by atoms with Crippen molar-refractivity contribution in [2.75, 3.05) is 39.7 Å². The van der Waals surface area contributed by atoms with E-state index in [0.29, 0.717) is 18.1 Å². The molecule has 1 amide bonds. The number of piperidine rings is 1. The van der Waals surface area contributed by atoms with Gasteiger partial charge in [-0.05, 0) is 56.3 Å². The van der Waals surface area contributed by atoms with Crippen LogP contribution in [0.4, 0.5) is 5.69 Å². The van der Waals surface area contributed by atoms with Gasteiger partial charge in [-0.1, -0.05) is 31.9 Å². The van der Waals surface area contributed by atoms with E-state index in [1.165, 1.54) is 5.56 Å². The van der Waals surface area contributed by atoms with Crippen LogP contribution in [0.15, 0.2) is 41.4 Å². The maximum absolute atomic E-state index is 12.2. The number of carbonyl (C=O) groups excluding carboxylic acids is 1. The molecule has 2 aliphatic rings. The molecule has 2 aromatic rings. The molecule has 176 valence electrons. The summed E-state index contributed by atoms with van der Waals surface area (Å²) in [4.78, 5) is 19.8. The molecule has 2 atom stereocenters. The van der Waals surface area contributed by atoms with Crippen LogP contribution >= 0.6 is 0 Å². The molecule has 0 bridgehead atoms. The number of rotatable bonds is 8. The van der Waals surface area contributed by atoms with Gasteiger partial charge in [0.15, 0.2) is 11.5 Å². The number of hydrogen-bond donors (Lipinski definition) is 1. The van der Waals surface area contributed by atoms with E-state index in [9.17, 15) is 4.79 Å². The normalized spacial score (nSPS) is 19.8. The van der Waals surface area contributed by atoms with Gasteiger partial charge in [-0.2, -0.15) is 0 Å². The van der Waals surface area contributed by atoms with Crippen molar-refractivity contribution in [3.63, 3.8) is 0 Å². The van der Waals surface area contributed by atoms with Crippen LogP contribution in [0.1, 0.15) is 61.6 Å². The Morgan fingerprint density at radius 1 is 1.12 bits per heavy atom. The highest BCUT2D eigenvalue weighted by Gasteiger charge is 2.36. The number of nitrogens with zero attached hydrogens (tertiary/aromatic N) is 2. The van der Waals surface area contributed by atoms with E-state index < -0.39 is 0 Å². The van der Waals surface area contributed by atoms with E-state index in [-0.39, 0.29) is 11.9 Å². The number of nitrogens with one attached hydrogen (secondary N) is 1. The molecule has 0 aromatic heterocycles. The lowest BCUT2D eigenvalue weighted by molar-refractivity contribution is -0.116. The summed E-state index contributed by atoms with van der Waals surface area (Å²) < 4.78 is 11.2. The average molecular weight is 450 g/mol. The topological polar surface area (TPSA) is 63.2 Å². The molecule has 1 fully saturated rings. The molecule has 0 spiro atoms. The zero-order chi connectivity index (χ0) is 23.4. The van der Waals surface area contributed by atoms with Crippen molar-refractivity contribution in [3.05, 3.63) is 53.1 Å². The summed E-state index contributed by atoms with van der Waals surface area (Å²) in [5, 5.41) is 3.01. The zero-order valence-electron chi connectivity index (χ0n) is 20.2. The lowest BCUT2D eigenvalue weighted by Crippen LogP contribution is -2.41. The Hall–Kier alpha value is -2.86. The molecule has 2 aromatic carbocycles. The highest BCUT2D eigenvalue weighted by atomic mass is 16.5. The minimum Gasteiger partial charge on any atom is -0.493 e. The van der Waals surface area contributed by atoms with E-state index >= 15 is 0 Å². The molecular weight excluding hydrogens is 414 g/mol. The van der Waals surface area contributed by atoms with Gasteiger partial charge in [0.05, 0.1) is 26.0 Å². The first kappa shape index (κ1) is 23.3. The minimum absolute atomic E-state index is 0.0718. The van der Waals surface area contributed by atoms with Gasteiger partial charge in [0.25, 0.3) is 0 Å². The van der Waals surface area contributed by atoms with Crippen molar-refractivity contribution in [2.24, 2.45) is 4.99 Å². The quantitative estimate of drug-likeness (QED) is 0.585. The fourth-order valence-corrected chi connectivity index (χ4v) is 4.91. The maximum Gasteiger partial charge on any atom is 0.224 e. The fourth-order valence-electron chi connectivity index (χ4n) is 4.91. The van der Waals surface area contributed by atoms with Crippen LogP contribution in [0.3, 0.4) is 0 Å².